The fraction of sp³-hybridized carbons (Fsp3) is 0.286. The van der Waals surface area contributed by atoms with Gasteiger partial charge in [0.2, 0.25) is 17.7 Å². The minimum Gasteiger partial charge on any atom is -0.350 e. The van der Waals surface area contributed by atoms with Crippen LogP contribution in [0.3, 0.4) is 0 Å². The molecule has 8 heteroatoms. The Kier molecular flexibility index (Phi) is 9.07. The number of carbonyl (C=O) groups excluding carboxylic acids is 3. The Morgan fingerprint density at radius 1 is 0.931 bits per heavy atom. The molecule has 29 heavy (non-hydrogen) atoms. The third-order valence-corrected chi connectivity index (χ3v) is 4.97. The molecule has 2 atom stereocenters. The number of rotatable bonds is 9. The van der Waals surface area contributed by atoms with E-state index in [0.29, 0.717) is 13.0 Å². The molecule has 0 aliphatic carbocycles. The average molecular weight is 508 g/mol. The number of carbonyl (C=O) groups is 3. The first kappa shape index (κ1) is 22.8. The van der Waals surface area contributed by atoms with E-state index in [0.717, 1.165) is 14.7 Å². The molecule has 0 aliphatic rings. The van der Waals surface area contributed by atoms with E-state index in [4.69, 9.17) is 5.73 Å². The maximum Gasteiger partial charge on any atom is 0.243 e. The Labute approximate surface area is 184 Å². The first-order valence-electron chi connectivity index (χ1n) is 9.25. The van der Waals surface area contributed by atoms with Crippen LogP contribution >= 0.6 is 22.6 Å². The molecule has 0 fully saturated rings. The quantitative estimate of drug-likeness (QED) is 0.380. The molecule has 2 rings (SSSR count). The van der Waals surface area contributed by atoms with Crippen LogP contribution in [-0.4, -0.2) is 36.3 Å². The van der Waals surface area contributed by atoms with Crippen LogP contribution in [0.1, 0.15) is 18.1 Å². The fourth-order valence-corrected chi connectivity index (χ4v) is 3.00. The zero-order chi connectivity index (χ0) is 21.2. The smallest absolute Gasteiger partial charge is 0.243 e. The lowest BCUT2D eigenvalue weighted by atomic mass is 10.0. The second-order valence-electron chi connectivity index (χ2n) is 6.59. The van der Waals surface area contributed by atoms with E-state index in [1.807, 2.05) is 54.6 Å². The third-order valence-electron chi connectivity index (χ3n) is 4.25. The molecule has 0 aliphatic heterocycles. The Morgan fingerprint density at radius 3 is 2.21 bits per heavy atom. The minimum absolute atomic E-state index is 0.207. The van der Waals surface area contributed by atoms with Gasteiger partial charge >= 0.3 is 0 Å². The normalized spacial score (nSPS) is 12.5. The largest absolute Gasteiger partial charge is 0.350 e. The van der Waals surface area contributed by atoms with Gasteiger partial charge in [-0.2, -0.15) is 0 Å². The van der Waals surface area contributed by atoms with Crippen LogP contribution in [0.2, 0.25) is 0 Å². The molecule has 0 saturated carbocycles. The standard InChI is InChI=1S/C21H25IN4O3/c1-14(25-19(27)12-23)20(28)26-18(11-15-5-3-2-4-6-15)21(29)24-13-16-7-9-17(22)10-8-16/h2-10,14,18H,11-13,23H2,1H3,(H,24,29)(H,25,27)(H,26,28)/t14-,18-/m0/s1. The molecule has 0 saturated heterocycles. The Morgan fingerprint density at radius 2 is 1.59 bits per heavy atom. The van der Waals surface area contributed by atoms with Crippen molar-refractivity contribution >= 4 is 40.3 Å². The van der Waals surface area contributed by atoms with Gasteiger partial charge in [-0.05, 0) is 52.8 Å². The van der Waals surface area contributed by atoms with Crippen LogP contribution in [0.15, 0.2) is 54.6 Å². The lowest BCUT2D eigenvalue weighted by Gasteiger charge is -2.21. The van der Waals surface area contributed by atoms with Crippen LogP contribution in [0.25, 0.3) is 0 Å². The summed E-state index contributed by atoms with van der Waals surface area (Å²) < 4.78 is 1.11. The van der Waals surface area contributed by atoms with Gasteiger partial charge in [-0.1, -0.05) is 42.5 Å². The summed E-state index contributed by atoms with van der Waals surface area (Å²) in [5.74, 6) is -1.18. The van der Waals surface area contributed by atoms with Gasteiger partial charge in [0, 0.05) is 16.5 Å². The zero-order valence-electron chi connectivity index (χ0n) is 16.2. The molecule has 0 spiro atoms. The van der Waals surface area contributed by atoms with E-state index >= 15 is 0 Å². The topological polar surface area (TPSA) is 113 Å². The van der Waals surface area contributed by atoms with Gasteiger partial charge in [0.15, 0.2) is 0 Å². The first-order chi connectivity index (χ1) is 13.9. The van der Waals surface area contributed by atoms with E-state index in [9.17, 15) is 14.4 Å². The molecule has 0 unspecified atom stereocenters. The van der Waals surface area contributed by atoms with E-state index in [-0.39, 0.29) is 12.5 Å². The highest BCUT2D eigenvalue weighted by molar-refractivity contribution is 14.1. The summed E-state index contributed by atoms with van der Waals surface area (Å²) in [4.78, 5) is 36.7. The SMILES string of the molecule is C[C@H](NC(=O)CN)C(=O)N[C@@H](Cc1ccccc1)C(=O)NCc1ccc(I)cc1. The van der Waals surface area contributed by atoms with Gasteiger partial charge in [0.05, 0.1) is 6.54 Å². The molecule has 0 bridgehead atoms. The maximum absolute atomic E-state index is 12.8. The average Bonchev–Trinajstić information content (AvgIpc) is 2.73. The van der Waals surface area contributed by atoms with Crippen LogP contribution < -0.4 is 21.7 Å². The highest BCUT2D eigenvalue weighted by Crippen LogP contribution is 2.08. The second kappa shape index (κ2) is 11.5. The van der Waals surface area contributed by atoms with Crippen molar-refractivity contribution in [1.82, 2.24) is 16.0 Å². The lowest BCUT2D eigenvalue weighted by Crippen LogP contribution is -2.54. The minimum atomic E-state index is -0.798. The van der Waals surface area contributed by atoms with Crippen molar-refractivity contribution in [3.63, 3.8) is 0 Å². The van der Waals surface area contributed by atoms with Crippen molar-refractivity contribution in [2.24, 2.45) is 5.73 Å². The van der Waals surface area contributed by atoms with Crippen molar-refractivity contribution in [2.75, 3.05) is 6.54 Å². The van der Waals surface area contributed by atoms with Crippen molar-refractivity contribution in [2.45, 2.75) is 32.0 Å². The number of hydrogen-bond acceptors (Lipinski definition) is 4. The summed E-state index contributed by atoms with van der Waals surface area (Å²) in [6.45, 7) is 1.70. The predicted molar refractivity (Wildman–Crippen MR) is 120 cm³/mol. The van der Waals surface area contributed by atoms with Crippen LogP contribution in [0, 0.1) is 3.57 Å². The van der Waals surface area contributed by atoms with Crippen molar-refractivity contribution in [1.29, 1.82) is 0 Å². The molecule has 2 aromatic carbocycles. The summed E-state index contributed by atoms with van der Waals surface area (Å²) in [6, 6.07) is 15.7. The van der Waals surface area contributed by atoms with E-state index in [1.165, 1.54) is 0 Å². The number of amides is 3. The summed E-state index contributed by atoms with van der Waals surface area (Å²) >= 11 is 2.22. The number of nitrogens with one attached hydrogen (secondary N) is 3. The van der Waals surface area contributed by atoms with E-state index in [2.05, 4.69) is 38.5 Å². The van der Waals surface area contributed by atoms with Crippen LogP contribution in [0.4, 0.5) is 0 Å². The first-order valence-corrected chi connectivity index (χ1v) is 10.3. The van der Waals surface area contributed by atoms with E-state index < -0.39 is 23.9 Å². The summed E-state index contributed by atoms with van der Waals surface area (Å²) in [5.41, 5.74) is 7.15. The van der Waals surface area contributed by atoms with Crippen LogP contribution in [0.5, 0.6) is 0 Å². The molecule has 154 valence electrons. The van der Waals surface area contributed by atoms with Gasteiger partial charge in [0.1, 0.15) is 12.1 Å². The Hall–Kier alpha value is -2.46. The fourth-order valence-electron chi connectivity index (χ4n) is 2.64. The van der Waals surface area contributed by atoms with Gasteiger partial charge in [-0.3, -0.25) is 14.4 Å². The van der Waals surface area contributed by atoms with Gasteiger partial charge in [-0.25, -0.2) is 0 Å². The van der Waals surface area contributed by atoms with Crippen molar-refractivity contribution < 1.29 is 14.4 Å². The Balaban J connectivity index is 2.04. The zero-order valence-corrected chi connectivity index (χ0v) is 18.3. The molecule has 5 N–H and O–H groups in total. The third kappa shape index (κ3) is 7.82. The molecule has 7 nitrogen and oxygen atoms in total. The number of halogens is 1. The predicted octanol–water partition coefficient (Wildman–Crippen LogP) is 1.10. The van der Waals surface area contributed by atoms with Crippen molar-refractivity contribution in [3.8, 4) is 0 Å². The summed E-state index contributed by atoms with van der Waals surface area (Å²) in [6.07, 6.45) is 0.336. The number of benzene rings is 2. The van der Waals surface area contributed by atoms with Gasteiger partial charge in [0.25, 0.3) is 0 Å². The summed E-state index contributed by atoms with van der Waals surface area (Å²) in [7, 11) is 0. The second-order valence-corrected chi connectivity index (χ2v) is 7.83. The Bertz CT molecular complexity index is 828. The van der Waals surface area contributed by atoms with Gasteiger partial charge < -0.3 is 21.7 Å². The molecular weight excluding hydrogens is 483 g/mol. The van der Waals surface area contributed by atoms with E-state index in [1.54, 1.807) is 6.92 Å². The molecule has 3 amide bonds. The number of hydrogen-bond donors (Lipinski definition) is 4. The monoisotopic (exact) mass is 508 g/mol. The highest BCUT2D eigenvalue weighted by atomic mass is 127. The highest BCUT2D eigenvalue weighted by Gasteiger charge is 2.24. The van der Waals surface area contributed by atoms with Crippen LogP contribution in [-0.2, 0) is 27.3 Å². The lowest BCUT2D eigenvalue weighted by molar-refractivity contribution is -0.131. The van der Waals surface area contributed by atoms with Gasteiger partial charge in [-0.15, -0.1) is 0 Å². The summed E-state index contributed by atoms with van der Waals surface area (Å²) in [5, 5.41) is 8.10. The molecule has 0 radical (unpaired) electrons. The van der Waals surface area contributed by atoms with Crippen molar-refractivity contribution in [3.05, 3.63) is 69.3 Å². The molecule has 0 aromatic heterocycles. The molecule has 2 aromatic rings. The molecular formula is C21H25IN4O3. The maximum atomic E-state index is 12.8. The number of nitrogens with two attached hydrogens (primary N) is 1. The molecule has 0 heterocycles.